The number of nitrogens with zero attached hydrogens (tertiary/aromatic N) is 2. The number of hydrogen-bond donors (Lipinski definition) is 0. The fraction of sp³-hybridized carbons (Fsp3) is 0.381. The van der Waals surface area contributed by atoms with Crippen LogP contribution in [0.1, 0.15) is 16.8 Å². The quantitative estimate of drug-likeness (QED) is 0.830. The van der Waals surface area contributed by atoms with Crippen molar-refractivity contribution in [3.63, 3.8) is 0 Å². The third-order valence-electron chi connectivity index (χ3n) is 5.35. The van der Waals surface area contributed by atoms with Crippen molar-refractivity contribution in [2.75, 3.05) is 37.7 Å². The van der Waals surface area contributed by atoms with E-state index in [1.807, 2.05) is 11.0 Å². The third kappa shape index (κ3) is 3.44. The van der Waals surface area contributed by atoms with E-state index in [2.05, 4.69) is 29.2 Å². The van der Waals surface area contributed by atoms with Crippen LogP contribution in [0, 0.1) is 11.7 Å². The number of halogens is 1. The summed E-state index contributed by atoms with van der Waals surface area (Å²) in [5, 5.41) is 0. The molecule has 4 rings (SSSR count). The Balaban J connectivity index is 1.52. The van der Waals surface area contributed by atoms with Gasteiger partial charge in [-0.25, -0.2) is 4.39 Å². The van der Waals surface area contributed by atoms with Crippen LogP contribution < -0.4 is 4.90 Å². The molecule has 0 spiro atoms. The highest BCUT2D eigenvalue weighted by Crippen LogP contribution is 2.30. The predicted molar refractivity (Wildman–Crippen MR) is 98.8 cm³/mol. The van der Waals surface area contributed by atoms with Crippen LogP contribution >= 0.6 is 0 Å². The van der Waals surface area contributed by atoms with Crippen molar-refractivity contribution in [2.45, 2.75) is 12.5 Å². The summed E-state index contributed by atoms with van der Waals surface area (Å²) in [5.74, 6) is -0.221. The lowest BCUT2D eigenvalue weighted by Gasteiger charge is -2.43. The number of ether oxygens (including phenoxy) is 1. The zero-order valence-corrected chi connectivity index (χ0v) is 14.7. The molecule has 2 heterocycles. The van der Waals surface area contributed by atoms with Crippen LogP contribution in [0.3, 0.4) is 0 Å². The second-order valence-electron chi connectivity index (χ2n) is 6.98. The van der Waals surface area contributed by atoms with Crippen molar-refractivity contribution in [2.24, 2.45) is 5.92 Å². The lowest BCUT2D eigenvalue weighted by atomic mass is 9.90. The Kier molecular flexibility index (Phi) is 4.89. The van der Waals surface area contributed by atoms with Gasteiger partial charge in [0.05, 0.1) is 13.2 Å². The molecule has 0 bridgehead atoms. The minimum absolute atomic E-state index is 0.0986. The molecule has 2 aliphatic heterocycles. The number of fused-ring (bicyclic) bond motifs is 1. The van der Waals surface area contributed by atoms with Crippen LogP contribution in [0.15, 0.2) is 54.6 Å². The standard InChI is InChI=1S/C21H23FN2O2/c22-18-6-4-5-16(13-18)21(25)23-10-9-20-17(14-23)15-26-12-11-24(20)19-7-2-1-3-8-19/h1-8,13,17,20H,9-12,14-15H2/t17-,20+/m1/s1. The van der Waals surface area contributed by atoms with E-state index in [0.717, 1.165) is 13.0 Å². The van der Waals surface area contributed by atoms with Gasteiger partial charge in [-0.2, -0.15) is 0 Å². The summed E-state index contributed by atoms with van der Waals surface area (Å²) in [5.41, 5.74) is 1.62. The van der Waals surface area contributed by atoms with E-state index in [1.54, 1.807) is 12.1 Å². The van der Waals surface area contributed by atoms with Crippen LogP contribution in [-0.2, 0) is 4.74 Å². The van der Waals surface area contributed by atoms with Crippen LogP contribution in [0.25, 0.3) is 0 Å². The fourth-order valence-corrected chi connectivity index (χ4v) is 4.09. The number of para-hydroxylation sites is 1. The van der Waals surface area contributed by atoms with Crippen molar-refractivity contribution >= 4 is 11.6 Å². The van der Waals surface area contributed by atoms with E-state index in [4.69, 9.17) is 4.74 Å². The molecule has 2 aliphatic rings. The summed E-state index contributed by atoms with van der Waals surface area (Å²) in [6, 6.07) is 16.7. The molecule has 2 fully saturated rings. The van der Waals surface area contributed by atoms with Crippen molar-refractivity contribution in [1.29, 1.82) is 0 Å². The summed E-state index contributed by atoms with van der Waals surface area (Å²) in [4.78, 5) is 17.0. The molecule has 0 aliphatic carbocycles. The van der Waals surface area contributed by atoms with Crippen molar-refractivity contribution in [1.82, 2.24) is 4.90 Å². The van der Waals surface area contributed by atoms with Gasteiger partial charge in [0.2, 0.25) is 0 Å². The molecule has 0 radical (unpaired) electrons. The van der Waals surface area contributed by atoms with Gasteiger partial charge in [0.15, 0.2) is 0 Å². The molecule has 2 aromatic carbocycles. The van der Waals surface area contributed by atoms with Gasteiger partial charge in [0.25, 0.3) is 5.91 Å². The van der Waals surface area contributed by atoms with Crippen molar-refractivity contribution in [3.05, 3.63) is 66.0 Å². The largest absolute Gasteiger partial charge is 0.379 e. The maximum atomic E-state index is 13.5. The fourth-order valence-electron chi connectivity index (χ4n) is 4.09. The van der Waals surface area contributed by atoms with Gasteiger partial charge in [0, 0.05) is 42.8 Å². The van der Waals surface area contributed by atoms with Gasteiger partial charge in [-0.1, -0.05) is 24.3 Å². The van der Waals surface area contributed by atoms with Crippen LogP contribution in [0.4, 0.5) is 10.1 Å². The van der Waals surface area contributed by atoms with Gasteiger partial charge >= 0.3 is 0 Å². The maximum Gasteiger partial charge on any atom is 0.253 e. The molecule has 5 heteroatoms. The summed E-state index contributed by atoms with van der Waals surface area (Å²) < 4.78 is 19.3. The summed E-state index contributed by atoms with van der Waals surface area (Å²) >= 11 is 0. The lowest BCUT2D eigenvalue weighted by molar-refractivity contribution is 0.0520. The smallest absolute Gasteiger partial charge is 0.253 e. The number of anilines is 1. The van der Waals surface area contributed by atoms with E-state index in [0.29, 0.717) is 37.9 Å². The van der Waals surface area contributed by atoms with Crippen LogP contribution in [0.2, 0.25) is 0 Å². The predicted octanol–water partition coefficient (Wildman–Crippen LogP) is 3.19. The highest BCUT2D eigenvalue weighted by Gasteiger charge is 2.37. The molecule has 2 atom stereocenters. The Hall–Kier alpha value is -2.40. The molecule has 2 aromatic rings. The Bertz CT molecular complexity index is 768. The number of carbonyl (C=O) groups excluding carboxylic acids is 1. The number of likely N-dealkylation sites (tertiary alicyclic amines) is 1. The minimum atomic E-state index is -0.376. The molecule has 2 saturated heterocycles. The Morgan fingerprint density at radius 2 is 1.92 bits per heavy atom. The topological polar surface area (TPSA) is 32.8 Å². The first-order valence-electron chi connectivity index (χ1n) is 9.16. The van der Waals surface area contributed by atoms with Gasteiger partial charge < -0.3 is 14.5 Å². The number of hydrogen-bond acceptors (Lipinski definition) is 3. The number of rotatable bonds is 2. The van der Waals surface area contributed by atoms with Crippen molar-refractivity contribution < 1.29 is 13.9 Å². The molecule has 0 N–H and O–H groups in total. The monoisotopic (exact) mass is 354 g/mol. The number of carbonyl (C=O) groups is 1. The normalized spacial score (nSPS) is 23.3. The summed E-state index contributed by atoms with van der Waals surface area (Å²) in [6.07, 6.45) is 0.893. The third-order valence-corrected chi connectivity index (χ3v) is 5.35. The van der Waals surface area contributed by atoms with Crippen molar-refractivity contribution in [3.8, 4) is 0 Å². The molecule has 26 heavy (non-hydrogen) atoms. The Morgan fingerprint density at radius 3 is 2.73 bits per heavy atom. The number of benzene rings is 2. The van der Waals surface area contributed by atoms with E-state index in [1.165, 1.54) is 17.8 Å². The average Bonchev–Trinajstić information content (AvgIpc) is 2.90. The Labute approximate surface area is 153 Å². The zero-order chi connectivity index (χ0) is 17.9. The SMILES string of the molecule is O=C(c1cccc(F)c1)N1CC[C@H]2[C@@H](COCCN2c2ccccc2)C1. The van der Waals surface area contributed by atoms with Crippen LogP contribution in [-0.4, -0.2) is 49.7 Å². The minimum Gasteiger partial charge on any atom is -0.379 e. The van der Waals surface area contributed by atoms with E-state index in [-0.39, 0.29) is 17.6 Å². The number of amides is 1. The second-order valence-corrected chi connectivity index (χ2v) is 6.98. The highest BCUT2D eigenvalue weighted by atomic mass is 19.1. The first-order valence-corrected chi connectivity index (χ1v) is 9.16. The van der Waals surface area contributed by atoms with Gasteiger partial charge in [-0.3, -0.25) is 4.79 Å². The molecule has 0 aromatic heterocycles. The lowest BCUT2D eigenvalue weighted by Crippen LogP contribution is -2.53. The molecular weight excluding hydrogens is 331 g/mol. The Morgan fingerprint density at radius 1 is 1.08 bits per heavy atom. The van der Waals surface area contributed by atoms with E-state index < -0.39 is 0 Å². The maximum absolute atomic E-state index is 13.5. The summed E-state index contributed by atoms with van der Waals surface area (Å²) in [6.45, 7) is 3.53. The molecule has 136 valence electrons. The first-order chi connectivity index (χ1) is 12.7. The molecular formula is C21H23FN2O2. The zero-order valence-electron chi connectivity index (χ0n) is 14.7. The van der Waals surface area contributed by atoms with E-state index >= 15 is 0 Å². The first kappa shape index (κ1) is 17.0. The molecule has 1 amide bonds. The molecule has 0 unspecified atom stereocenters. The number of piperidine rings is 1. The second kappa shape index (κ2) is 7.46. The van der Waals surface area contributed by atoms with Gasteiger partial charge in [-0.15, -0.1) is 0 Å². The van der Waals surface area contributed by atoms with Gasteiger partial charge in [0.1, 0.15) is 5.82 Å². The van der Waals surface area contributed by atoms with E-state index in [9.17, 15) is 9.18 Å². The van der Waals surface area contributed by atoms with Gasteiger partial charge in [-0.05, 0) is 36.8 Å². The average molecular weight is 354 g/mol. The van der Waals surface area contributed by atoms with Crippen LogP contribution in [0.5, 0.6) is 0 Å². The molecule has 0 saturated carbocycles. The summed E-state index contributed by atoms with van der Waals surface area (Å²) in [7, 11) is 0. The molecule has 4 nitrogen and oxygen atoms in total. The highest BCUT2D eigenvalue weighted by molar-refractivity contribution is 5.94.